The van der Waals surface area contributed by atoms with Crippen LogP contribution in [0.4, 0.5) is 5.95 Å². The number of ether oxygens (including phenoxy) is 2. The van der Waals surface area contributed by atoms with Crippen LogP contribution in [0.1, 0.15) is 50.9 Å². The number of hydrogen-bond donors (Lipinski definition) is 2. The Morgan fingerprint density at radius 1 is 1.26 bits per heavy atom. The van der Waals surface area contributed by atoms with Gasteiger partial charge in [-0.3, -0.25) is 4.79 Å². The highest BCUT2D eigenvalue weighted by atomic mass is 16.5. The number of anilines is 1. The molecule has 1 aliphatic carbocycles. The van der Waals surface area contributed by atoms with Crippen molar-refractivity contribution < 1.29 is 19.4 Å². The maximum atomic E-state index is 11.4. The lowest BCUT2D eigenvalue weighted by atomic mass is 9.87. The van der Waals surface area contributed by atoms with E-state index < -0.39 is 5.97 Å². The van der Waals surface area contributed by atoms with Gasteiger partial charge in [-0.25, -0.2) is 14.6 Å². The highest BCUT2D eigenvalue weighted by Gasteiger charge is 2.28. The summed E-state index contributed by atoms with van der Waals surface area (Å²) < 4.78 is 13.4. The van der Waals surface area contributed by atoms with Crippen molar-refractivity contribution in [2.75, 3.05) is 5.32 Å². The second-order valence-corrected chi connectivity index (χ2v) is 8.97. The fourth-order valence-electron chi connectivity index (χ4n) is 4.13. The third-order valence-electron chi connectivity index (χ3n) is 5.89. The van der Waals surface area contributed by atoms with Crippen molar-refractivity contribution in [2.45, 2.75) is 65.2 Å². The minimum absolute atomic E-state index is 0.0172. The topological polar surface area (TPSA) is 137 Å². The third-order valence-corrected chi connectivity index (χ3v) is 5.89. The number of carbonyl (C=O) groups is 1. The fourth-order valence-corrected chi connectivity index (χ4v) is 4.13. The Balaban J connectivity index is 1.46. The number of carboxylic acids is 1. The van der Waals surface area contributed by atoms with Gasteiger partial charge in [-0.1, -0.05) is 5.21 Å². The number of carboxylic acid groups (broad SMARTS) is 1. The first kappa shape index (κ1) is 24.4. The zero-order valence-electron chi connectivity index (χ0n) is 20.4. The maximum absolute atomic E-state index is 11.4. The van der Waals surface area contributed by atoms with E-state index in [1.807, 2.05) is 40.0 Å². The predicted octanol–water partition coefficient (Wildman–Crippen LogP) is 3.40. The summed E-state index contributed by atoms with van der Waals surface area (Å²) in [5.74, 6) is 0.495. The van der Waals surface area contributed by atoms with Crippen LogP contribution in [0.3, 0.4) is 0 Å². The molecule has 1 unspecified atom stereocenters. The van der Waals surface area contributed by atoms with E-state index in [0.717, 1.165) is 18.5 Å². The van der Waals surface area contributed by atoms with E-state index in [2.05, 4.69) is 25.6 Å². The van der Waals surface area contributed by atoms with Crippen molar-refractivity contribution >= 4 is 11.9 Å². The fraction of sp³-hybridized carbons (Fsp3) is 0.500. The van der Waals surface area contributed by atoms with E-state index in [0.29, 0.717) is 54.0 Å². The summed E-state index contributed by atoms with van der Waals surface area (Å²) in [4.78, 5) is 24.7. The van der Waals surface area contributed by atoms with Gasteiger partial charge in [0.2, 0.25) is 11.8 Å². The number of rotatable bonds is 9. The molecule has 4 rings (SSSR count). The molecule has 11 nitrogen and oxygen atoms in total. The predicted molar refractivity (Wildman–Crippen MR) is 128 cm³/mol. The quantitative estimate of drug-likeness (QED) is 0.468. The molecule has 35 heavy (non-hydrogen) atoms. The zero-order valence-corrected chi connectivity index (χ0v) is 20.4. The van der Waals surface area contributed by atoms with E-state index in [1.165, 1.54) is 0 Å². The summed E-state index contributed by atoms with van der Waals surface area (Å²) >= 11 is 0. The highest BCUT2D eigenvalue weighted by Crippen LogP contribution is 2.30. The number of nitrogens with one attached hydrogen (secondary N) is 1. The molecule has 0 saturated heterocycles. The molecule has 0 bridgehead atoms. The normalized spacial score (nSPS) is 17.9. The molecule has 3 heterocycles. The summed E-state index contributed by atoms with van der Waals surface area (Å²) in [6.45, 7) is 6.15. The van der Waals surface area contributed by atoms with Crippen LogP contribution in [-0.4, -0.2) is 53.2 Å². The Hall–Kier alpha value is -3.76. The van der Waals surface area contributed by atoms with Gasteiger partial charge in [-0.2, -0.15) is 4.98 Å². The molecule has 186 valence electrons. The second kappa shape index (κ2) is 10.7. The molecule has 1 saturated carbocycles. The van der Waals surface area contributed by atoms with Crippen LogP contribution >= 0.6 is 0 Å². The number of hydrogen-bond acceptors (Lipinski definition) is 9. The van der Waals surface area contributed by atoms with E-state index in [9.17, 15) is 9.90 Å². The van der Waals surface area contributed by atoms with Gasteiger partial charge < -0.3 is 19.9 Å². The van der Waals surface area contributed by atoms with Gasteiger partial charge >= 0.3 is 5.97 Å². The lowest BCUT2D eigenvalue weighted by Crippen LogP contribution is -2.29. The monoisotopic (exact) mass is 481 g/mol. The molecule has 1 fully saturated rings. The molecule has 2 N–H and O–H groups in total. The maximum Gasteiger partial charge on any atom is 0.306 e. The third kappa shape index (κ3) is 6.03. The number of pyridine rings is 1. The molecular formula is C24H31N7O4. The van der Waals surface area contributed by atoms with E-state index in [4.69, 9.17) is 14.5 Å². The minimum Gasteiger partial charge on any atom is -0.489 e. The Bertz CT molecular complexity index is 1180. The average Bonchev–Trinajstić information content (AvgIpc) is 3.19. The van der Waals surface area contributed by atoms with Gasteiger partial charge in [0.05, 0.1) is 41.8 Å². The smallest absolute Gasteiger partial charge is 0.306 e. The number of aliphatic carboxylic acids is 1. The van der Waals surface area contributed by atoms with E-state index in [1.54, 1.807) is 16.9 Å². The summed E-state index contributed by atoms with van der Waals surface area (Å²) in [5.41, 5.74) is 2.85. The molecule has 1 aliphatic rings. The Morgan fingerprint density at radius 2 is 2.09 bits per heavy atom. The number of nitrogens with zero attached hydrogens (tertiary/aromatic N) is 6. The lowest BCUT2D eigenvalue weighted by Gasteiger charge is -2.27. The summed E-state index contributed by atoms with van der Waals surface area (Å²) in [6, 6.07) is 5.43. The minimum atomic E-state index is -0.753. The first-order valence-corrected chi connectivity index (χ1v) is 11.8. The molecule has 0 aromatic carbocycles. The molecule has 0 aliphatic heterocycles. The molecule has 0 radical (unpaired) electrons. The molecule has 3 aromatic rings. The molecular weight excluding hydrogens is 450 g/mol. The summed E-state index contributed by atoms with van der Waals surface area (Å²) in [7, 11) is 1.82. The second-order valence-electron chi connectivity index (χ2n) is 8.97. The summed E-state index contributed by atoms with van der Waals surface area (Å²) in [5, 5.41) is 21.0. The van der Waals surface area contributed by atoms with Crippen LogP contribution < -0.4 is 14.8 Å². The van der Waals surface area contributed by atoms with Crippen molar-refractivity contribution in [1.82, 2.24) is 29.9 Å². The van der Waals surface area contributed by atoms with E-state index in [-0.39, 0.29) is 18.1 Å². The van der Waals surface area contributed by atoms with Crippen LogP contribution in [0.15, 0.2) is 24.4 Å². The number of aromatic nitrogens is 6. The summed E-state index contributed by atoms with van der Waals surface area (Å²) in [6.07, 6.45) is 4.45. The first-order valence-electron chi connectivity index (χ1n) is 11.8. The standard InChI is InChI=1S/C24H31N7O4/c1-14(2)34-21-10-11-25-24(28-21)26-13-19-22(29-30-31(19)4)18-8-9-20(15(3)27-18)35-17-7-5-6-16(12-17)23(32)33/h8-11,14,16-17H,5-7,12-13H2,1-4H3,(H,32,33)(H,25,26,28)/t16?,17-/m0/s1. The average molecular weight is 482 g/mol. The van der Waals surface area contributed by atoms with Gasteiger partial charge in [0.15, 0.2) is 0 Å². The van der Waals surface area contributed by atoms with Gasteiger partial charge in [-0.15, -0.1) is 5.10 Å². The molecule has 11 heteroatoms. The van der Waals surface area contributed by atoms with Gasteiger partial charge in [0.1, 0.15) is 11.4 Å². The van der Waals surface area contributed by atoms with Crippen molar-refractivity contribution in [3.8, 4) is 23.0 Å². The molecule has 0 amide bonds. The van der Waals surface area contributed by atoms with Crippen LogP contribution in [0.2, 0.25) is 0 Å². The molecule has 2 atom stereocenters. The number of aryl methyl sites for hydroxylation is 2. The molecule has 0 spiro atoms. The van der Waals surface area contributed by atoms with Gasteiger partial charge in [0, 0.05) is 19.3 Å². The van der Waals surface area contributed by atoms with Crippen molar-refractivity contribution in [3.05, 3.63) is 35.8 Å². The first-order chi connectivity index (χ1) is 16.8. The molecule has 3 aromatic heterocycles. The zero-order chi connectivity index (χ0) is 24.9. The SMILES string of the molecule is Cc1nc(-c2nnn(C)c2CNc2nccc(OC(C)C)n2)ccc1O[C@H]1CCCC(C(=O)O)C1. The van der Waals surface area contributed by atoms with Crippen molar-refractivity contribution in [2.24, 2.45) is 13.0 Å². The van der Waals surface area contributed by atoms with Gasteiger partial charge in [-0.05, 0) is 58.6 Å². The lowest BCUT2D eigenvalue weighted by molar-refractivity contribution is -0.143. The van der Waals surface area contributed by atoms with Crippen LogP contribution in [0.5, 0.6) is 11.6 Å². The Labute approximate surface area is 203 Å². The Kier molecular flexibility index (Phi) is 7.42. The van der Waals surface area contributed by atoms with E-state index >= 15 is 0 Å². The van der Waals surface area contributed by atoms with Crippen molar-refractivity contribution in [1.29, 1.82) is 0 Å². The van der Waals surface area contributed by atoms with Crippen LogP contribution in [0.25, 0.3) is 11.4 Å². The van der Waals surface area contributed by atoms with Crippen molar-refractivity contribution in [3.63, 3.8) is 0 Å². The van der Waals surface area contributed by atoms with Crippen LogP contribution in [-0.2, 0) is 18.4 Å². The van der Waals surface area contributed by atoms with Crippen LogP contribution in [0, 0.1) is 12.8 Å². The van der Waals surface area contributed by atoms with Gasteiger partial charge in [0.25, 0.3) is 0 Å². The Morgan fingerprint density at radius 3 is 2.83 bits per heavy atom. The highest BCUT2D eigenvalue weighted by molar-refractivity contribution is 5.70. The largest absolute Gasteiger partial charge is 0.489 e.